The number of nitrogens with zero attached hydrogens (tertiary/aromatic N) is 4. The number of hydrogen-bond acceptors (Lipinski definition) is 5. The van der Waals surface area contributed by atoms with E-state index in [1.165, 1.54) is 6.42 Å². The van der Waals surface area contributed by atoms with Gasteiger partial charge in [-0.2, -0.15) is 0 Å². The molecule has 0 radical (unpaired) electrons. The lowest BCUT2D eigenvalue weighted by Gasteiger charge is -2.28. The van der Waals surface area contributed by atoms with Gasteiger partial charge in [-0.1, -0.05) is 6.08 Å². The third kappa shape index (κ3) is 3.90. The van der Waals surface area contributed by atoms with Gasteiger partial charge in [0.15, 0.2) is 5.65 Å². The largest absolute Gasteiger partial charge is 0.379 e. The molecule has 182 valence electrons. The van der Waals surface area contributed by atoms with Gasteiger partial charge in [0.1, 0.15) is 5.65 Å². The van der Waals surface area contributed by atoms with Crippen molar-refractivity contribution in [2.45, 2.75) is 64.2 Å². The van der Waals surface area contributed by atoms with Crippen molar-refractivity contribution in [1.82, 2.24) is 24.1 Å². The van der Waals surface area contributed by atoms with Crippen LogP contribution >= 0.6 is 0 Å². The summed E-state index contributed by atoms with van der Waals surface area (Å²) in [5, 5.41) is 1.09. The van der Waals surface area contributed by atoms with Gasteiger partial charge in [-0.05, 0) is 63.1 Å². The van der Waals surface area contributed by atoms with Gasteiger partial charge in [0.2, 0.25) is 0 Å². The van der Waals surface area contributed by atoms with Crippen LogP contribution in [0.2, 0.25) is 0 Å². The second-order valence-electron chi connectivity index (χ2n) is 9.66. The quantitative estimate of drug-likeness (QED) is 0.456. The molecule has 1 aliphatic carbocycles. The summed E-state index contributed by atoms with van der Waals surface area (Å²) < 4.78 is 15.2. The summed E-state index contributed by atoms with van der Waals surface area (Å²) in [5.74, 6) is 0. The average Bonchev–Trinajstić information content (AvgIpc) is 3.48. The predicted molar refractivity (Wildman–Crippen MR) is 136 cm³/mol. The highest BCUT2D eigenvalue weighted by molar-refractivity contribution is 5.88. The standard InChI is InChI=1S/C27H31N5O3/c1-17-22-10-11-28-25(22)29-14-23(17)18-12-24-26(30-13-18)32(19-6-4-3-5-7-19)27(33)31(24)15-20-8-9-21(34-2)16-35-20/h6,10-14,20-21H,3-5,7-9,15-16H2,1-2H3,(H,28,29)/t20-,21-/m1/s1. The van der Waals surface area contributed by atoms with Crippen molar-refractivity contribution in [2.24, 2.45) is 0 Å². The Bertz CT molecular complexity index is 1470. The first-order chi connectivity index (χ1) is 17.1. The highest BCUT2D eigenvalue weighted by Crippen LogP contribution is 2.31. The summed E-state index contributed by atoms with van der Waals surface area (Å²) in [7, 11) is 1.72. The Morgan fingerprint density at radius 1 is 1.23 bits per heavy atom. The van der Waals surface area contributed by atoms with Gasteiger partial charge in [-0.25, -0.2) is 19.3 Å². The molecule has 1 saturated heterocycles. The third-order valence-corrected chi connectivity index (χ3v) is 7.54. The van der Waals surface area contributed by atoms with Crippen LogP contribution in [0.5, 0.6) is 0 Å². The Morgan fingerprint density at radius 2 is 2.14 bits per heavy atom. The molecule has 35 heavy (non-hydrogen) atoms. The van der Waals surface area contributed by atoms with Crippen LogP contribution in [0, 0.1) is 6.92 Å². The molecule has 0 amide bonds. The third-order valence-electron chi connectivity index (χ3n) is 7.54. The molecule has 1 fully saturated rings. The lowest BCUT2D eigenvalue weighted by molar-refractivity contribution is -0.0757. The maximum Gasteiger partial charge on any atom is 0.334 e. The minimum absolute atomic E-state index is 0.0262. The summed E-state index contributed by atoms with van der Waals surface area (Å²) in [6.07, 6.45) is 13.9. The van der Waals surface area contributed by atoms with E-state index in [1.54, 1.807) is 7.11 Å². The van der Waals surface area contributed by atoms with Crippen molar-refractivity contribution >= 4 is 27.9 Å². The summed E-state index contributed by atoms with van der Waals surface area (Å²) in [5.41, 5.74) is 6.56. The van der Waals surface area contributed by atoms with Crippen molar-refractivity contribution in [1.29, 1.82) is 0 Å². The maximum absolute atomic E-state index is 13.8. The summed E-state index contributed by atoms with van der Waals surface area (Å²) in [4.78, 5) is 26.4. The van der Waals surface area contributed by atoms with Crippen LogP contribution in [0.3, 0.4) is 0 Å². The molecule has 0 saturated carbocycles. The molecule has 0 spiro atoms. The second-order valence-corrected chi connectivity index (χ2v) is 9.66. The van der Waals surface area contributed by atoms with Gasteiger partial charge >= 0.3 is 5.69 Å². The number of allylic oxidation sites excluding steroid dienone is 2. The number of aromatic nitrogens is 5. The van der Waals surface area contributed by atoms with E-state index in [0.29, 0.717) is 18.8 Å². The molecule has 4 aromatic rings. The van der Waals surface area contributed by atoms with Gasteiger partial charge in [-0.15, -0.1) is 0 Å². The van der Waals surface area contributed by atoms with E-state index in [4.69, 9.17) is 14.5 Å². The lowest BCUT2D eigenvalue weighted by atomic mass is 10.0. The maximum atomic E-state index is 13.8. The van der Waals surface area contributed by atoms with Crippen LogP contribution in [0.25, 0.3) is 39.0 Å². The van der Waals surface area contributed by atoms with Crippen molar-refractivity contribution in [3.63, 3.8) is 0 Å². The van der Waals surface area contributed by atoms with E-state index in [0.717, 1.165) is 71.0 Å². The monoisotopic (exact) mass is 473 g/mol. The summed E-state index contributed by atoms with van der Waals surface area (Å²) in [6.45, 7) is 3.17. The Balaban J connectivity index is 1.47. The number of rotatable bonds is 5. The molecule has 2 aliphatic rings. The van der Waals surface area contributed by atoms with Crippen molar-refractivity contribution in [3.05, 3.63) is 52.8 Å². The Morgan fingerprint density at radius 3 is 2.91 bits per heavy atom. The molecule has 8 heteroatoms. The predicted octanol–water partition coefficient (Wildman–Crippen LogP) is 4.66. The number of aryl methyl sites for hydroxylation is 1. The van der Waals surface area contributed by atoms with Crippen LogP contribution in [-0.2, 0) is 16.0 Å². The molecule has 4 aromatic heterocycles. The molecule has 2 atom stereocenters. The fourth-order valence-electron chi connectivity index (χ4n) is 5.49. The van der Waals surface area contributed by atoms with Crippen molar-refractivity contribution in [3.8, 4) is 11.1 Å². The molecule has 5 heterocycles. The van der Waals surface area contributed by atoms with Crippen LogP contribution in [0.15, 0.2) is 41.6 Å². The van der Waals surface area contributed by atoms with Crippen LogP contribution in [0.1, 0.15) is 44.1 Å². The van der Waals surface area contributed by atoms with Crippen molar-refractivity contribution < 1.29 is 9.47 Å². The minimum atomic E-state index is -0.0359. The number of pyridine rings is 2. The second kappa shape index (κ2) is 9.09. The van der Waals surface area contributed by atoms with Gasteiger partial charge in [0.05, 0.1) is 30.9 Å². The first kappa shape index (κ1) is 22.2. The first-order valence-electron chi connectivity index (χ1n) is 12.5. The van der Waals surface area contributed by atoms with E-state index in [-0.39, 0.29) is 17.9 Å². The number of methoxy groups -OCH3 is 1. The molecule has 1 N–H and O–H groups in total. The zero-order chi connectivity index (χ0) is 23.9. The molecule has 0 aromatic carbocycles. The molecule has 8 nitrogen and oxygen atoms in total. The number of hydrogen-bond donors (Lipinski definition) is 1. The van der Waals surface area contributed by atoms with E-state index in [9.17, 15) is 4.79 Å². The Hall–Kier alpha value is -3.23. The first-order valence-corrected chi connectivity index (χ1v) is 12.5. The number of nitrogens with one attached hydrogen (secondary N) is 1. The fraction of sp³-hybridized carbons (Fsp3) is 0.444. The minimum Gasteiger partial charge on any atom is -0.379 e. The van der Waals surface area contributed by atoms with Gasteiger partial charge in [0.25, 0.3) is 0 Å². The van der Waals surface area contributed by atoms with Gasteiger partial charge < -0.3 is 14.5 Å². The lowest BCUT2D eigenvalue weighted by Crippen LogP contribution is -2.36. The molecule has 1 aliphatic heterocycles. The normalized spacial score (nSPS) is 21.0. The highest BCUT2D eigenvalue weighted by atomic mass is 16.5. The SMILES string of the molecule is CO[C@@H]1CC[C@H](Cn2c(=O)n(C3=CCCCC3)c3ncc(-c4cnc5[nH]ccc5c4C)cc32)OC1. The topological polar surface area (TPSA) is 87.0 Å². The molecular formula is C27H31N5O3. The molecule has 0 unspecified atom stereocenters. The summed E-state index contributed by atoms with van der Waals surface area (Å²) in [6, 6.07) is 4.13. The number of H-pyrrole nitrogens is 1. The average molecular weight is 474 g/mol. The van der Waals surface area contributed by atoms with E-state index < -0.39 is 0 Å². The summed E-state index contributed by atoms with van der Waals surface area (Å²) >= 11 is 0. The Kier molecular flexibility index (Phi) is 5.78. The molecular weight excluding hydrogens is 442 g/mol. The number of fused-ring (bicyclic) bond motifs is 2. The van der Waals surface area contributed by atoms with Gasteiger partial charge in [0, 0.05) is 47.9 Å². The Labute approximate surface area is 203 Å². The fourth-order valence-corrected chi connectivity index (χ4v) is 5.49. The van der Waals surface area contributed by atoms with Crippen LogP contribution in [-0.4, -0.2) is 50.0 Å². The van der Waals surface area contributed by atoms with E-state index >= 15 is 0 Å². The van der Waals surface area contributed by atoms with E-state index in [1.807, 2.05) is 33.8 Å². The van der Waals surface area contributed by atoms with Crippen molar-refractivity contribution in [2.75, 3.05) is 13.7 Å². The highest BCUT2D eigenvalue weighted by Gasteiger charge is 2.26. The zero-order valence-corrected chi connectivity index (χ0v) is 20.3. The number of imidazole rings is 1. The molecule has 0 bridgehead atoms. The van der Waals surface area contributed by atoms with E-state index in [2.05, 4.69) is 29.0 Å². The molecule has 6 rings (SSSR count). The number of aromatic amines is 1. The van der Waals surface area contributed by atoms with Gasteiger partial charge in [-0.3, -0.25) is 4.57 Å². The van der Waals surface area contributed by atoms with Crippen LogP contribution < -0.4 is 5.69 Å². The number of ether oxygens (including phenoxy) is 2. The zero-order valence-electron chi connectivity index (χ0n) is 20.3. The smallest absolute Gasteiger partial charge is 0.334 e. The van der Waals surface area contributed by atoms with Crippen LogP contribution in [0.4, 0.5) is 0 Å².